The minimum atomic E-state index is -3.67. The molecule has 25 heavy (non-hydrogen) atoms. The number of ether oxygens (including phenoxy) is 1. The molecule has 2 aliphatic heterocycles. The molecule has 0 N–H and O–H groups in total. The number of hydrogen-bond donors (Lipinski definition) is 0. The lowest BCUT2D eigenvalue weighted by atomic mass is 10.0. The first kappa shape index (κ1) is 16.0. The molecule has 2 saturated heterocycles. The highest BCUT2D eigenvalue weighted by Crippen LogP contribution is 2.29. The Kier molecular flexibility index (Phi) is 3.69. The van der Waals surface area contributed by atoms with Crippen LogP contribution in [0.2, 0.25) is 0 Å². The van der Waals surface area contributed by atoms with E-state index in [9.17, 15) is 18.0 Å². The Hall–Kier alpha value is -2.52. The molecule has 0 radical (unpaired) electrons. The molecule has 0 spiro atoms. The van der Waals surface area contributed by atoms with Gasteiger partial charge < -0.3 is 4.74 Å². The standard InChI is InChI=1S/C16H15N3O5S/c20-14-10-24-16(21)19(14)9-11-7-18(8-11)25(22,23)13-5-1-3-12-4-2-6-17-15(12)13/h1-6,11H,7-10H2. The molecular formula is C16H15N3O5S. The number of imide groups is 1. The third kappa shape index (κ3) is 2.65. The van der Waals surface area contributed by atoms with Gasteiger partial charge in [-0.15, -0.1) is 0 Å². The summed E-state index contributed by atoms with van der Waals surface area (Å²) >= 11 is 0. The summed E-state index contributed by atoms with van der Waals surface area (Å²) in [6.07, 6.45) is 0.898. The number of rotatable bonds is 4. The molecular weight excluding hydrogens is 346 g/mol. The van der Waals surface area contributed by atoms with E-state index in [0.717, 1.165) is 10.3 Å². The van der Waals surface area contributed by atoms with Gasteiger partial charge >= 0.3 is 6.09 Å². The summed E-state index contributed by atoms with van der Waals surface area (Å²) in [4.78, 5) is 28.4. The SMILES string of the molecule is O=C1COC(=O)N1CC1CN(S(=O)(=O)c2cccc3cccnc23)C1. The summed E-state index contributed by atoms with van der Waals surface area (Å²) in [6.45, 7) is 0.442. The second-order valence-electron chi connectivity index (χ2n) is 6.08. The predicted molar refractivity (Wildman–Crippen MR) is 87.1 cm³/mol. The van der Waals surface area contributed by atoms with Crippen LogP contribution in [0.15, 0.2) is 41.4 Å². The van der Waals surface area contributed by atoms with Crippen LogP contribution in [0.25, 0.3) is 10.9 Å². The normalized spacial score (nSPS) is 19.3. The van der Waals surface area contributed by atoms with E-state index in [-0.39, 0.29) is 43.0 Å². The fourth-order valence-electron chi connectivity index (χ4n) is 3.07. The summed E-state index contributed by atoms with van der Waals surface area (Å²) in [6, 6.07) is 8.60. The van der Waals surface area contributed by atoms with E-state index >= 15 is 0 Å². The van der Waals surface area contributed by atoms with Gasteiger partial charge in [-0.25, -0.2) is 18.1 Å². The molecule has 2 fully saturated rings. The molecule has 9 heteroatoms. The minimum Gasteiger partial charge on any atom is -0.439 e. The molecule has 8 nitrogen and oxygen atoms in total. The summed E-state index contributed by atoms with van der Waals surface area (Å²) in [7, 11) is -3.67. The average molecular weight is 361 g/mol. The fourth-order valence-corrected chi connectivity index (χ4v) is 4.83. The highest BCUT2D eigenvalue weighted by atomic mass is 32.2. The number of cyclic esters (lactones) is 1. The number of para-hydroxylation sites is 1. The van der Waals surface area contributed by atoms with Crippen LogP contribution >= 0.6 is 0 Å². The van der Waals surface area contributed by atoms with Gasteiger partial charge in [0.2, 0.25) is 10.0 Å². The van der Waals surface area contributed by atoms with Crippen molar-refractivity contribution in [2.24, 2.45) is 5.92 Å². The van der Waals surface area contributed by atoms with Crippen molar-refractivity contribution in [3.05, 3.63) is 36.5 Å². The van der Waals surface area contributed by atoms with Crippen LogP contribution < -0.4 is 0 Å². The first-order valence-electron chi connectivity index (χ1n) is 7.78. The maximum absolute atomic E-state index is 12.9. The molecule has 0 saturated carbocycles. The number of nitrogens with zero attached hydrogens (tertiary/aromatic N) is 3. The van der Waals surface area contributed by atoms with E-state index in [0.29, 0.717) is 5.52 Å². The number of aromatic nitrogens is 1. The predicted octanol–water partition coefficient (Wildman–Crippen LogP) is 0.834. The Labute approximate surface area is 144 Å². The van der Waals surface area contributed by atoms with Crippen LogP contribution in [0.5, 0.6) is 0 Å². The Morgan fingerprint density at radius 3 is 2.64 bits per heavy atom. The second kappa shape index (κ2) is 5.78. The molecule has 2 aliphatic rings. The molecule has 2 aromatic rings. The van der Waals surface area contributed by atoms with Crippen molar-refractivity contribution < 1.29 is 22.7 Å². The molecule has 0 atom stereocenters. The van der Waals surface area contributed by atoms with Crippen molar-refractivity contribution >= 4 is 32.9 Å². The highest BCUT2D eigenvalue weighted by molar-refractivity contribution is 7.89. The average Bonchev–Trinajstić information content (AvgIpc) is 2.88. The third-order valence-electron chi connectivity index (χ3n) is 4.42. The summed E-state index contributed by atoms with van der Waals surface area (Å²) in [5.41, 5.74) is 0.437. The molecule has 1 aromatic heterocycles. The number of pyridine rings is 1. The Morgan fingerprint density at radius 1 is 1.16 bits per heavy atom. The lowest BCUT2D eigenvalue weighted by molar-refractivity contribution is -0.126. The number of hydrogen-bond acceptors (Lipinski definition) is 6. The molecule has 4 rings (SSSR count). The third-order valence-corrected chi connectivity index (χ3v) is 6.28. The van der Waals surface area contributed by atoms with Crippen LogP contribution in [0, 0.1) is 5.92 Å². The number of benzene rings is 1. The van der Waals surface area contributed by atoms with Crippen molar-refractivity contribution in [3.8, 4) is 0 Å². The molecule has 130 valence electrons. The molecule has 0 aliphatic carbocycles. The van der Waals surface area contributed by atoms with Crippen molar-refractivity contribution in [2.45, 2.75) is 4.90 Å². The smallest absolute Gasteiger partial charge is 0.417 e. The van der Waals surface area contributed by atoms with Crippen LogP contribution in [0.4, 0.5) is 4.79 Å². The van der Waals surface area contributed by atoms with Crippen LogP contribution in [0.1, 0.15) is 0 Å². The minimum absolute atomic E-state index is 0.0905. The van der Waals surface area contributed by atoms with E-state index in [2.05, 4.69) is 9.72 Å². The van der Waals surface area contributed by atoms with E-state index in [1.54, 1.807) is 24.4 Å². The van der Waals surface area contributed by atoms with Gasteiger partial charge in [0.05, 0.1) is 5.52 Å². The maximum atomic E-state index is 12.9. The van der Waals surface area contributed by atoms with Crippen molar-refractivity contribution in [2.75, 3.05) is 26.2 Å². The lowest BCUT2D eigenvalue weighted by Crippen LogP contribution is -2.54. The maximum Gasteiger partial charge on any atom is 0.417 e. The first-order chi connectivity index (χ1) is 12.0. The van der Waals surface area contributed by atoms with E-state index < -0.39 is 16.1 Å². The second-order valence-corrected chi connectivity index (χ2v) is 7.98. The quantitative estimate of drug-likeness (QED) is 0.800. The van der Waals surface area contributed by atoms with Gasteiger partial charge in [-0.1, -0.05) is 18.2 Å². The molecule has 0 bridgehead atoms. The van der Waals surface area contributed by atoms with Gasteiger partial charge in [0.25, 0.3) is 5.91 Å². The van der Waals surface area contributed by atoms with Gasteiger partial charge in [-0.05, 0) is 12.1 Å². The highest BCUT2D eigenvalue weighted by Gasteiger charge is 2.41. The van der Waals surface area contributed by atoms with Gasteiger partial charge in [0, 0.05) is 37.1 Å². The Balaban J connectivity index is 1.51. The Morgan fingerprint density at radius 2 is 1.92 bits per heavy atom. The fraction of sp³-hybridized carbons (Fsp3) is 0.312. The number of carbonyl (C=O) groups is 2. The lowest BCUT2D eigenvalue weighted by Gasteiger charge is -2.39. The van der Waals surface area contributed by atoms with Crippen LogP contribution in [0.3, 0.4) is 0 Å². The van der Waals surface area contributed by atoms with E-state index in [1.807, 2.05) is 12.1 Å². The zero-order valence-electron chi connectivity index (χ0n) is 13.2. The summed E-state index contributed by atoms with van der Waals surface area (Å²) in [5, 5.41) is 0.756. The zero-order chi connectivity index (χ0) is 17.6. The van der Waals surface area contributed by atoms with Crippen molar-refractivity contribution in [1.82, 2.24) is 14.2 Å². The van der Waals surface area contributed by atoms with E-state index in [4.69, 9.17) is 0 Å². The topological polar surface area (TPSA) is 96.9 Å². The molecule has 2 amide bonds. The number of sulfonamides is 1. The van der Waals surface area contributed by atoms with E-state index in [1.165, 1.54) is 4.31 Å². The number of amides is 2. The van der Waals surface area contributed by atoms with Crippen molar-refractivity contribution in [1.29, 1.82) is 0 Å². The summed E-state index contributed by atoms with van der Waals surface area (Å²) < 4.78 is 31.7. The van der Waals surface area contributed by atoms with Crippen LogP contribution in [-0.4, -0.2) is 60.8 Å². The van der Waals surface area contributed by atoms with Gasteiger partial charge in [0.15, 0.2) is 6.61 Å². The summed E-state index contributed by atoms with van der Waals surface area (Å²) in [5.74, 6) is -0.475. The largest absolute Gasteiger partial charge is 0.439 e. The van der Waals surface area contributed by atoms with Crippen LogP contribution in [-0.2, 0) is 19.6 Å². The molecule has 0 unspecified atom stereocenters. The monoisotopic (exact) mass is 361 g/mol. The van der Waals surface area contributed by atoms with Gasteiger partial charge in [-0.3, -0.25) is 9.78 Å². The molecule has 1 aromatic carbocycles. The molecule has 3 heterocycles. The number of fused-ring (bicyclic) bond motifs is 1. The number of carbonyl (C=O) groups excluding carboxylic acids is 2. The van der Waals surface area contributed by atoms with Crippen molar-refractivity contribution in [3.63, 3.8) is 0 Å². The first-order valence-corrected chi connectivity index (χ1v) is 9.22. The Bertz CT molecular complexity index is 947. The van der Waals surface area contributed by atoms with Gasteiger partial charge in [-0.2, -0.15) is 4.31 Å². The zero-order valence-corrected chi connectivity index (χ0v) is 14.0. The van der Waals surface area contributed by atoms with Gasteiger partial charge in [0.1, 0.15) is 4.90 Å².